The summed E-state index contributed by atoms with van der Waals surface area (Å²) in [4.78, 5) is 25.8. The zero-order chi connectivity index (χ0) is 20.6. The van der Waals surface area contributed by atoms with Crippen molar-refractivity contribution in [2.24, 2.45) is 0 Å². The summed E-state index contributed by atoms with van der Waals surface area (Å²) in [6.07, 6.45) is 3.21. The molecule has 7 heteroatoms. The molecule has 0 aliphatic carbocycles. The Hall–Kier alpha value is -2.67. The highest BCUT2D eigenvalue weighted by Crippen LogP contribution is 2.31. The molecule has 2 aromatic rings. The van der Waals surface area contributed by atoms with E-state index in [0.717, 1.165) is 17.1 Å². The zero-order valence-electron chi connectivity index (χ0n) is 16.6. The molecule has 0 saturated heterocycles. The van der Waals surface area contributed by atoms with Crippen molar-refractivity contribution in [1.29, 1.82) is 0 Å². The Bertz CT molecular complexity index is 858. The molecule has 0 bridgehead atoms. The lowest BCUT2D eigenvalue weighted by molar-refractivity contribution is -0.124. The van der Waals surface area contributed by atoms with Gasteiger partial charge in [-0.3, -0.25) is 9.59 Å². The van der Waals surface area contributed by atoms with Gasteiger partial charge in [0.05, 0.1) is 25.3 Å². The first kappa shape index (κ1) is 21.0. The van der Waals surface area contributed by atoms with Crippen LogP contribution in [0.4, 0.5) is 0 Å². The number of rotatable bonds is 8. The maximum absolute atomic E-state index is 13.0. The summed E-state index contributed by atoms with van der Waals surface area (Å²) in [5, 5.41) is 5.98. The second kappa shape index (κ2) is 10.2. The van der Waals surface area contributed by atoms with Crippen molar-refractivity contribution in [2.75, 3.05) is 25.7 Å². The van der Waals surface area contributed by atoms with Crippen LogP contribution in [0.5, 0.6) is 11.5 Å². The summed E-state index contributed by atoms with van der Waals surface area (Å²) in [5.41, 5.74) is 1.38. The predicted molar refractivity (Wildman–Crippen MR) is 115 cm³/mol. The van der Waals surface area contributed by atoms with Gasteiger partial charge in [-0.2, -0.15) is 11.8 Å². The van der Waals surface area contributed by atoms with Crippen LogP contribution in [0.1, 0.15) is 34.8 Å². The molecule has 3 rings (SSSR count). The van der Waals surface area contributed by atoms with E-state index in [4.69, 9.17) is 9.47 Å². The number of benzene rings is 2. The van der Waals surface area contributed by atoms with Gasteiger partial charge in [0.25, 0.3) is 5.91 Å². The SMILES string of the molecule is COc1ccccc1C(=O)NC(CCSC)C(=O)NC1CCOc2ccccc21. The van der Waals surface area contributed by atoms with E-state index >= 15 is 0 Å². The third-order valence-electron chi connectivity index (χ3n) is 4.86. The van der Waals surface area contributed by atoms with Crippen molar-refractivity contribution < 1.29 is 19.1 Å². The monoisotopic (exact) mass is 414 g/mol. The first-order chi connectivity index (χ1) is 14.1. The number of amides is 2. The van der Waals surface area contributed by atoms with Gasteiger partial charge < -0.3 is 20.1 Å². The summed E-state index contributed by atoms with van der Waals surface area (Å²) in [6.45, 7) is 0.547. The first-order valence-electron chi connectivity index (χ1n) is 9.59. The third kappa shape index (κ3) is 5.23. The number of hydrogen-bond acceptors (Lipinski definition) is 5. The van der Waals surface area contributed by atoms with Gasteiger partial charge in [0.1, 0.15) is 17.5 Å². The standard InChI is InChI=1S/C22H26N2O4S/c1-27-19-9-5-4-8-16(19)21(25)24-18(12-14-29-2)22(26)23-17-11-13-28-20-10-6-3-7-15(17)20/h3-10,17-18H,11-14H2,1-2H3,(H,23,26)(H,24,25). The minimum absolute atomic E-state index is 0.132. The number of methoxy groups -OCH3 is 1. The summed E-state index contributed by atoms with van der Waals surface area (Å²) in [6, 6.07) is 13.9. The molecule has 0 aromatic heterocycles. The fraction of sp³-hybridized carbons (Fsp3) is 0.364. The van der Waals surface area contributed by atoms with Crippen LogP contribution >= 0.6 is 11.8 Å². The van der Waals surface area contributed by atoms with Gasteiger partial charge in [-0.25, -0.2) is 0 Å². The van der Waals surface area contributed by atoms with Crippen LogP contribution in [0.25, 0.3) is 0 Å². The summed E-state index contributed by atoms with van der Waals surface area (Å²) >= 11 is 1.64. The molecule has 1 aliphatic heterocycles. The average molecular weight is 415 g/mol. The largest absolute Gasteiger partial charge is 0.496 e. The van der Waals surface area contributed by atoms with E-state index in [1.54, 1.807) is 36.0 Å². The highest BCUT2D eigenvalue weighted by molar-refractivity contribution is 7.98. The maximum atomic E-state index is 13.0. The molecule has 1 aliphatic rings. The number of carbonyl (C=O) groups excluding carboxylic acids is 2. The van der Waals surface area contributed by atoms with Gasteiger partial charge in [0.15, 0.2) is 0 Å². The van der Waals surface area contributed by atoms with E-state index in [2.05, 4.69) is 10.6 Å². The molecule has 0 spiro atoms. The smallest absolute Gasteiger partial charge is 0.255 e. The van der Waals surface area contributed by atoms with Crippen LogP contribution in [0.2, 0.25) is 0 Å². The van der Waals surface area contributed by atoms with Crippen LogP contribution in [0, 0.1) is 0 Å². The van der Waals surface area contributed by atoms with E-state index in [1.165, 1.54) is 7.11 Å². The molecule has 154 valence electrons. The van der Waals surface area contributed by atoms with E-state index in [0.29, 0.717) is 30.8 Å². The zero-order valence-corrected chi connectivity index (χ0v) is 17.5. The van der Waals surface area contributed by atoms with Gasteiger partial charge in [-0.15, -0.1) is 0 Å². The quantitative estimate of drug-likeness (QED) is 0.694. The number of thioether (sulfide) groups is 1. The molecule has 2 unspecified atom stereocenters. The Kier molecular flexibility index (Phi) is 7.41. The summed E-state index contributed by atoms with van der Waals surface area (Å²) in [5.74, 6) is 1.52. The molecule has 6 nitrogen and oxygen atoms in total. The predicted octanol–water partition coefficient (Wildman–Crippen LogP) is 3.19. The van der Waals surface area contributed by atoms with Crippen molar-refractivity contribution in [2.45, 2.75) is 24.9 Å². The molecule has 29 heavy (non-hydrogen) atoms. The molecular formula is C22H26N2O4S. The van der Waals surface area contributed by atoms with Crippen molar-refractivity contribution in [3.63, 3.8) is 0 Å². The number of fused-ring (bicyclic) bond motifs is 1. The molecular weight excluding hydrogens is 388 g/mol. The Morgan fingerprint density at radius 3 is 2.76 bits per heavy atom. The molecule has 1 heterocycles. The second-order valence-electron chi connectivity index (χ2n) is 6.74. The van der Waals surface area contributed by atoms with E-state index in [9.17, 15) is 9.59 Å². The Morgan fingerprint density at radius 2 is 1.97 bits per heavy atom. The van der Waals surface area contributed by atoms with E-state index in [-0.39, 0.29) is 17.9 Å². The first-order valence-corrected chi connectivity index (χ1v) is 11.0. The summed E-state index contributed by atoms with van der Waals surface area (Å²) < 4.78 is 10.9. The maximum Gasteiger partial charge on any atom is 0.255 e. The lowest BCUT2D eigenvalue weighted by Gasteiger charge is -2.28. The van der Waals surface area contributed by atoms with Crippen molar-refractivity contribution in [3.8, 4) is 11.5 Å². The fourth-order valence-corrected chi connectivity index (χ4v) is 3.81. The molecule has 0 saturated carbocycles. The molecule has 2 N–H and O–H groups in total. The number of ether oxygens (including phenoxy) is 2. The molecule has 2 aromatic carbocycles. The highest BCUT2D eigenvalue weighted by atomic mass is 32.2. The van der Waals surface area contributed by atoms with Gasteiger partial charge in [-0.1, -0.05) is 30.3 Å². The van der Waals surface area contributed by atoms with Crippen LogP contribution < -0.4 is 20.1 Å². The average Bonchev–Trinajstić information content (AvgIpc) is 2.76. The van der Waals surface area contributed by atoms with Crippen LogP contribution in [0.15, 0.2) is 48.5 Å². The Balaban J connectivity index is 1.73. The van der Waals surface area contributed by atoms with Gasteiger partial charge >= 0.3 is 0 Å². The number of hydrogen-bond donors (Lipinski definition) is 2. The van der Waals surface area contributed by atoms with Crippen molar-refractivity contribution in [1.82, 2.24) is 10.6 Å². The van der Waals surface area contributed by atoms with Gasteiger partial charge in [-0.05, 0) is 36.6 Å². The van der Waals surface area contributed by atoms with Crippen LogP contribution in [0.3, 0.4) is 0 Å². The topological polar surface area (TPSA) is 76.7 Å². The Labute approximate surface area is 175 Å². The number of nitrogens with one attached hydrogen (secondary N) is 2. The van der Waals surface area contributed by atoms with Gasteiger partial charge in [0, 0.05) is 12.0 Å². The van der Waals surface area contributed by atoms with Crippen molar-refractivity contribution in [3.05, 3.63) is 59.7 Å². The molecule has 2 atom stereocenters. The van der Waals surface area contributed by atoms with Gasteiger partial charge in [0.2, 0.25) is 5.91 Å². The fourth-order valence-electron chi connectivity index (χ4n) is 3.34. The van der Waals surface area contributed by atoms with Crippen molar-refractivity contribution >= 4 is 23.6 Å². The summed E-state index contributed by atoms with van der Waals surface area (Å²) in [7, 11) is 1.52. The number of para-hydroxylation sites is 2. The molecule has 0 radical (unpaired) electrons. The Morgan fingerprint density at radius 1 is 1.21 bits per heavy atom. The van der Waals surface area contributed by atoms with Crippen LogP contribution in [-0.2, 0) is 4.79 Å². The molecule has 2 amide bonds. The lowest BCUT2D eigenvalue weighted by atomic mass is 10.00. The third-order valence-corrected chi connectivity index (χ3v) is 5.50. The number of carbonyl (C=O) groups is 2. The highest BCUT2D eigenvalue weighted by Gasteiger charge is 2.28. The van der Waals surface area contributed by atoms with E-state index in [1.807, 2.05) is 30.5 Å². The van der Waals surface area contributed by atoms with Crippen LogP contribution in [-0.4, -0.2) is 43.6 Å². The lowest BCUT2D eigenvalue weighted by Crippen LogP contribution is -2.48. The minimum atomic E-state index is -0.630. The second-order valence-corrected chi connectivity index (χ2v) is 7.73. The minimum Gasteiger partial charge on any atom is -0.496 e. The normalized spacial score (nSPS) is 16.1. The van der Waals surface area contributed by atoms with E-state index < -0.39 is 6.04 Å². The molecule has 0 fully saturated rings.